The summed E-state index contributed by atoms with van der Waals surface area (Å²) in [5.41, 5.74) is 5.83. The van der Waals surface area contributed by atoms with Crippen molar-refractivity contribution in [2.24, 2.45) is 5.73 Å². The third-order valence-electron chi connectivity index (χ3n) is 1.81. The fourth-order valence-corrected chi connectivity index (χ4v) is 2.51. The highest BCUT2D eigenvalue weighted by atomic mass is 79.9. The van der Waals surface area contributed by atoms with Crippen molar-refractivity contribution in [2.75, 3.05) is 5.75 Å². The molecule has 0 unspecified atom stereocenters. The molecule has 1 aromatic rings. The van der Waals surface area contributed by atoms with E-state index in [2.05, 4.69) is 35.0 Å². The standard InChI is InChI=1S/C10H14BrNS/c1-2-8(12)7-13-10-6-4-3-5-9(10)11/h3-6,8H,2,7,12H2,1H3/t8-/m1/s1. The smallest absolute Gasteiger partial charge is 0.0311 e. The summed E-state index contributed by atoms with van der Waals surface area (Å²) in [5.74, 6) is 0.985. The number of nitrogens with two attached hydrogens (primary N) is 1. The van der Waals surface area contributed by atoms with Crippen molar-refractivity contribution in [2.45, 2.75) is 24.3 Å². The predicted octanol–water partition coefficient (Wildman–Crippen LogP) is 3.28. The number of hydrogen-bond acceptors (Lipinski definition) is 2. The first-order valence-electron chi connectivity index (χ1n) is 4.37. The van der Waals surface area contributed by atoms with E-state index in [1.54, 1.807) is 0 Å². The van der Waals surface area contributed by atoms with E-state index < -0.39 is 0 Å². The molecule has 0 fully saturated rings. The van der Waals surface area contributed by atoms with Gasteiger partial charge < -0.3 is 5.73 Å². The van der Waals surface area contributed by atoms with Gasteiger partial charge in [-0.25, -0.2) is 0 Å². The Morgan fingerprint density at radius 1 is 1.46 bits per heavy atom. The molecule has 1 rings (SSSR count). The van der Waals surface area contributed by atoms with Crippen molar-refractivity contribution in [3.63, 3.8) is 0 Å². The molecule has 0 spiro atoms. The SMILES string of the molecule is CC[C@@H](N)CSc1ccccc1Br. The molecule has 13 heavy (non-hydrogen) atoms. The van der Waals surface area contributed by atoms with Gasteiger partial charge in [0, 0.05) is 21.2 Å². The Balaban J connectivity index is 2.50. The zero-order valence-corrected chi connectivity index (χ0v) is 10.1. The molecule has 0 aliphatic heterocycles. The zero-order chi connectivity index (χ0) is 9.68. The van der Waals surface area contributed by atoms with E-state index in [1.807, 2.05) is 23.9 Å². The van der Waals surface area contributed by atoms with Crippen molar-refractivity contribution < 1.29 is 0 Å². The largest absolute Gasteiger partial charge is 0.327 e. The molecule has 1 atom stereocenters. The second kappa shape index (κ2) is 5.68. The average Bonchev–Trinajstić information content (AvgIpc) is 2.16. The Kier molecular flexibility index (Phi) is 4.84. The van der Waals surface area contributed by atoms with E-state index in [-0.39, 0.29) is 0 Å². The van der Waals surface area contributed by atoms with Crippen molar-refractivity contribution in [3.8, 4) is 0 Å². The van der Waals surface area contributed by atoms with Crippen molar-refractivity contribution in [3.05, 3.63) is 28.7 Å². The lowest BCUT2D eigenvalue weighted by atomic mass is 10.3. The Morgan fingerprint density at radius 2 is 2.15 bits per heavy atom. The van der Waals surface area contributed by atoms with E-state index in [1.165, 1.54) is 4.90 Å². The fraction of sp³-hybridized carbons (Fsp3) is 0.400. The van der Waals surface area contributed by atoms with Gasteiger partial charge in [-0.15, -0.1) is 11.8 Å². The first kappa shape index (κ1) is 11.1. The second-order valence-corrected chi connectivity index (χ2v) is 4.83. The van der Waals surface area contributed by atoms with Crippen LogP contribution in [0.5, 0.6) is 0 Å². The van der Waals surface area contributed by atoms with Gasteiger partial charge in [-0.3, -0.25) is 0 Å². The lowest BCUT2D eigenvalue weighted by molar-refractivity contribution is 0.725. The maximum atomic E-state index is 5.83. The average molecular weight is 260 g/mol. The normalized spacial score (nSPS) is 12.8. The topological polar surface area (TPSA) is 26.0 Å². The summed E-state index contributed by atoms with van der Waals surface area (Å²) in [5, 5.41) is 0. The number of halogens is 1. The van der Waals surface area contributed by atoms with E-state index in [9.17, 15) is 0 Å². The predicted molar refractivity (Wildman–Crippen MR) is 63.1 cm³/mol. The Hall–Kier alpha value is 0.01000. The van der Waals surface area contributed by atoms with Crippen LogP contribution in [0.15, 0.2) is 33.6 Å². The maximum Gasteiger partial charge on any atom is 0.0311 e. The minimum absolute atomic E-state index is 0.303. The lowest BCUT2D eigenvalue weighted by Gasteiger charge is -2.08. The van der Waals surface area contributed by atoms with E-state index in [4.69, 9.17) is 5.73 Å². The Bertz CT molecular complexity index is 265. The first-order valence-corrected chi connectivity index (χ1v) is 6.14. The van der Waals surface area contributed by atoms with Gasteiger partial charge >= 0.3 is 0 Å². The van der Waals surface area contributed by atoms with E-state index >= 15 is 0 Å². The monoisotopic (exact) mass is 259 g/mol. The highest BCUT2D eigenvalue weighted by molar-refractivity contribution is 9.10. The number of rotatable bonds is 4. The third kappa shape index (κ3) is 3.71. The lowest BCUT2D eigenvalue weighted by Crippen LogP contribution is -2.21. The van der Waals surface area contributed by atoms with Crippen LogP contribution in [-0.4, -0.2) is 11.8 Å². The summed E-state index contributed by atoms with van der Waals surface area (Å²) in [6.45, 7) is 2.12. The number of thioether (sulfide) groups is 1. The highest BCUT2D eigenvalue weighted by Crippen LogP contribution is 2.27. The van der Waals surface area contributed by atoms with Crippen LogP contribution in [0.3, 0.4) is 0 Å². The number of benzene rings is 1. The van der Waals surface area contributed by atoms with Crippen molar-refractivity contribution in [1.29, 1.82) is 0 Å². The van der Waals surface area contributed by atoms with Crippen LogP contribution >= 0.6 is 27.7 Å². The molecule has 1 aromatic carbocycles. The minimum atomic E-state index is 0.303. The van der Waals surface area contributed by atoms with Crippen LogP contribution in [0.4, 0.5) is 0 Å². The first-order chi connectivity index (χ1) is 6.24. The van der Waals surface area contributed by atoms with E-state index in [0.717, 1.165) is 16.6 Å². The molecular formula is C10H14BrNS. The maximum absolute atomic E-state index is 5.83. The van der Waals surface area contributed by atoms with Gasteiger partial charge in [0.25, 0.3) is 0 Å². The molecule has 0 aliphatic rings. The van der Waals surface area contributed by atoms with Crippen LogP contribution in [0, 0.1) is 0 Å². The molecule has 1 nitrogen and oxygen atoms in total. The summed E-state index contributed by atoms with van der Waals surface area (Å²) in [6.07, 6.45) is 1.04. The van der Waals surface area contributed by atoms with Gasteiger partial charge in [0.2, 0.25) is 0 Å². The minimum Gasteiger partial charge on any atom is -0.327 e. The van der Waals surface area contributed by atoms with Crippen LogP contribution in [0.2, 0.25) is 0 Å². The summed E-state index contributed by atoms with van der Waals surface area (Å²) in [7, 11) is 0. The van der Waals surface area contributed by atoms with E-state index in [0.29, 0.717) is 6.04 Å². The Labute approximate surface area is 92.2 Å². The molecule has 0 bridgehead atoms. The van der Waals surface area contributed by atoms with Gasteiger partial charge in [0.05, 0.1) is 0 Å². The number of hydrogen-bond donors (Lipinski definition) is 1. The molecule has 0 saturated heterocycles. The second-order valence-electron chi connectivity index (χ2n) is 2.91. The third-order valence-corrected chi connectivity index (χ3v) is 4.03. The molecule has 0 aliphatic carbocycles. The molecular weight excluding hydrogens is 246 g/mol. The molecule has 0 saturated carbocycles. The van der Waals surface area contributed by atoms with Gasteiger partial charge in [-0.05, 0) is 34.5 Å². The Morgan fingerprint density at radius 3 is 2.77 bits per heavy atom. The van der Waals surface area contributed by atoms with Crippen LogP contribution in [-0.2, 0) is 0 Å². The van der Waals surface area contributed by atoms with Gasteiger partial charge in [-0.1, -0.05) is 19.1 Å². The molecule has 72 valence electrons. The molecule has 2 N–H and O–H groups in total. The van der Waals surface area contributed by atoms with Crippen LogP contribution < -0.4 is 5.73 Å². The molecule has 0 amide bonds. The van der Waals surface area contributed by atoms with Gasteiger partial charge in [0.1, 0.15) is 0 Å². The summed E-state index contributed by atoms with van der Waals surface area (Å²) in [4.78, 5) is 1.27. The van der Waals surface area contributed by atoms with Crippen molar-refractivity contribution >= 4 is 27.7 Å². The highest BCUT2D eigenvalue weighted by Gasteiger charge is 2.02. The molecule has 3 heteroatoms. The molecule has 0 heterocycles. The quantitative estimate of drug-likeness (QED) is 0.841. The summed E-state index contributed by atoms with van der Waals surface area (Å²) >= 11 is 5.31. The van der Waals surface area contributed by atoms with Crippen LogP contribution in [0.25, 0.3) is 0 Å². The zero-order valence-electron chi connectivity index (χ0n) is 7.66. The summed E-state index contributed by atoms with van der Waals surface area (Å²) in [6, 6.07) is 8.53. The molecule has 0 aromatic heterocycles. The molecule has 0 radical (unpaired) electrons. The van der Waals surface area contributed by atoms with Gasteiger partial charge in [-0.2, -0.15) is 0 Å². The summed E-state index contributed by atoms with van der Waals surface area (Å²) < 4.78 is 1.16. The van der Waals surface area contributed by atoms with Crippen LogP contribution in [0.1, 0.15) is 13.3 Å². The van der Waals surface area contributed by atoms with Gasteiger partial charge in [0.15, 0.2) is 0 Å². The van der Waals surface area contributed by atoms with Crippen molar-refractivity contribution in [1.82, 2.24) is 0 Å². The fourth-order valence-electron chi connectivity index (χ4n) is 0.876.